The van der Waals surface area contributed by atoms with Gasteiger partial charge in [0.15, 0.2) is 0 Å². The maximum Gasteiger partial charge on any atom is 0.269 e. The number of carbonyl (C=O) groups excluding carboxylic acids is 2. The molecule has 0 bridgehead atoms. The first-order valence-corrected chi connectivity index (χ1v) is 8.43. The molecule has 0 aliphatic carbocycles. The Labute approximate surface area is 161 Å². The van der Waals surface area contributed by atoms with Crippen LogP contribution < -0.4 is 10.8 Å². The zero-order valence-electron chi connectivity index (χ0n) is 15.3. The molecular formula is C20H19N3O5. The summed E-state index contributed by atoms with van der Waals surface area (Å²) in [6.07, 6.45) is 0. The lowest BCUT2D eigenvalue weighted by atomic mass is 10.0. The number of hydroxylamine groups is 1. The van der Waals surface area contributed by atoms with Crippen LogP contribution in [0.5, 0.6) is 0 Å². The zero-order valence-corrected chi connectivity index (χ0v) is 15.3. The topological polar surface area (TPSA) is 122 Å². The van der Waals surface area contributed by atoms with Crippen molar-refractivity contribution in [2.45, 2.75) is 19.9 Å². The van der Waals surface area contributed by atoms with Crippen molar-refractivity contribution in [2.75, 3.05) is 0 Å². The number of benzene rings is 2. The van der Waals surface area contributed by atoms with Crippen molar-refractivity contribution in [3.63, 3.8) is 0 Å². The predicted octanol–water partition coefficient (Wildman–Crippen LogP) is 2.25. The number of rotatable bonds is 5. The van der Waals surface area contributed by atoms with Crippen molar-refractivity contribution in [3.05, 3.63) is 75.3 Å². The summed E-state index contributed by atoms with van der Waals surface area (Å²) in [7, 11) is 0. The van der Waals surface area contributed by atoms with Gasteiger partial charge >= 0.3 is 0 Å². The Bertz CT molecular complexity index is 925. The molecule has 8 nitrogen and oxygen atoms in total. The number of hydrogen-bond acceptors (Lipinski definition) is 5. The minimum absolute atomic E-state index is 0.00417. The summed E-state index contributed by atoms with van der Waals surface area (Å²) in [5.74, 6) is 4.47. The molecule has 2 rings (SSSR count). The molecule has 0 aromatic heterocycles. The van der Waals surface area contributed by atoms with Gasteiger partial charge in [-0.2, -0.15) is 0 Å². The van der Waals surface area contributed by atoms with E-state index in [1.54, 1.807) is 55.7 Å². The van der Waals surface area contributed by atoms with Gasteiger partial charge in [-0.25, -0.2) is 5.48 Å². The third-order valence-corrected chi connectivity index (χ3v) is 3.92. The molecule has 2 amide bonds. The van der Waals surface area contributed by atoms with Crippen molar-refractivity contribution in [1.29, 1.82) is 0 Å². The van der Waals surface area contributed by atoms with Crippen molar-refractivity contribution >= 4 is 17.5 Å². The number of amides is 2. The Morgan fingerprint density at radius 3 is 1.93 bits per heavy atom. The minimum Gasteiger partial charge on any atom is -0.340 e. The van der Waals surface area contributed by atoms with Crippen molar-refractivity contribution < 1.29 is 19.7 Å². The number of nitro groups is 1. The highest BCUT2D eigenvalue weighted by Crippen LogP contribution is 2.11. The largest absolute Gasteiger partial charge is 0.340 e. The Morgan fingerprint density at radius 2 is 1.50 bits per heavy atom. The Hall–Kier alpha value is -3.70. The van der Waals surface area contributed by atoms with E-state index in [1.165, 1.54) is 12.1 Å². The Kier molecular flexibility index (Phi) is 6.84. The molecule has 1 atom stereocenters. The van der Waals surface area contributed by atoms with Crippen LogP contribution in [0.15, 0.2) is 48.5 Å². The molecule has 0 fully saturated rings. The van der Waals surface area contributed by atoms with Gasteiger partial charge < -0.3 is 5.32 Å². The van der Waals surface area contributed by atoms with E-state index < -0.39 is 22.8 Å². The molecule has 3 N–H and O–H groups in total. The Morgan fingerprint density at radius 1 is 1.00 bits per heavy atom. The van der Waals surface area contributed by atoms with Gasteiger partial charge in [-0.15, -0.1) is 0 Å². The lowest BCUT2D eigenvalue weighted by Gasteiger charge is -2.20. The van der Waals surface area contributed by atoms with Crippen LogP contribution in [0.4, 0.5) is 5.69 Å². The smallest absolute Gasteiger partial charge is 0.269 e. The van der Waals surface area contributed by atoms with E-state index in [2.05, 4.69) is 17.2 Å². The first kappa shape index (κ1) is 20.6. The SMILES string of the molecule is CC(C)C(NC(=O)c1ccc(C#Cc2ccc([N+](=O)[O-])cc2)cc1)C(=O)NO. The van der Waals surface area contributed by atoms with Gasteiger partial charge in [0, 0.05) is 28.8 Å². The molecular weight excluding hydrogens is 362 g/mol. The van der Waals surface area contributed by atoms with E-state index in [4.69, 9.17) is 5.21 Å². The molecule has 0 spiro atoms. The van der Waals surface area contributed by atoms with E-state index in [9.17, 15) is 19.7 Å². The zero-order chi connectivity index (χ0) is 20.7. The van der Waals surface area contributed by atoms with Crippen molar-refractivity contribution in [2.24, 2.45) is 5.92 Å². The molecule has 2 aromatic carbocycles. The summed E-state index contributed by atoms with van der Waals surface area (Å²) in [6, 6.07) is 11.5. The molecule has 0 heterocycles. The fraction of sp³-hybridized carbons (Fsp3) is 0.200. The average molecular weight is 381 g/mol. The predicted molar refractivity (Wildman–Crippen MR) is 102 cm³/mol. The summed E-state index contributed by atoms with van der Waals surface area (Å²) >= 11 is 0. The maximum absolute atomic E-state index is 12.3. The number of nitrogens with one attached hydrogen (secondary N) is 2. The van der Waals surface area contributed by atoms with Crippen LogP contribution in [-0.4, -0.2) is 28.0 Å². The standard InChI is InChI=1S/C20H19N3O5/c1-13(2)18(20(25)22-26)21-19(24)16-9-5-14(6-10-16)3-4-15-7-11-17(12-8-15)23(27)28/h5-13,18,26H,1-2H3,(H,21,24)(H,22,25). The van der Waals surface area contributed by atoms with E-state index in [-0.39, 0.29) is 11.6 Å². The summed E-state index contributed by atoms with van der Waals surface area (Å²) < 4.78 is 0. The summed E-state index contributed by atoms with van der Waals surface area (Å²) in [5.41, 5.74) is 3.17. The van der Waals surface area contributed by atoms with Gasteiger partial charge in [0.25, 0.3) is 17.5 Å². The second-order valence-corrected chi connectivity index (χ2v) is 6.30. The first-order chi connectivity index (χ1) is 13.3. The third-order valence-electron chi connectivity index (χ3n) is 3.92. The highest BCUT2D eigenvalue weighted by Gasteiger charge is 2.24. The molecule has 28 heavy (non-hydrogen) atoms. The molecule has 0 aliphatic heterocycles. The molecule has 144 valence electrons. The number of nitrogens with zero attached hydrogens (tertiary/aromatic N) is 1. The van der Waals surface area contributed by atoms with Gasteiger partial charge in [0.05, 0.1) is 4.92 Å². The maximum atomic E-state index is 12.3. The first-order valence-electron chi connectivity index (χ1n) is 8.43. The fourth-order valence-corrected chi connectivity index (χ4v) is 2.34. The molecule has 8 heteroatoms. The third kappa shape index (κ3) is 5.40. The van der Waals surface area contributed by atoms with E-state index in [0.29, 0.717) is 16.7 Å². The van der Waals surface area contributed by atoms with Crippen molar-refractivity contribution in [1.82, 2.24) is 10.8 Å². The second kappa shape index (κ2) is 9.30. The molecule has 0 aliphatic rings. The molecule has 0 radical (unpaired) electrons. The summed E-state index contributed by atoms with van der Waals surface area (Å²) in [5, 5.41) is 22.0. The highest BCUT2D eigenvalue weighted by molar-refractivity contribution is 5.97. The molecule has 2 aromatic rings. The number of carbonyl (C=O) groups is 2. The normalized spacial score (nSPS) is 11.1. The van der Waals surface area contributed by atoms with Gasteiger partial charge in [0.1, 0.15) is 6.04 Å². The highest BCUT2D eigenvalue weighted by atomic mass is 16.6. The van der Waals surface area contributed by atoms with Crippen molar-refractivity contribution in [3.8, 4) is 11.8 Å². The van der Waals surface area contributed by atoms with Gasteiger partial charge in [-0.1, -0.05) is 25.7 Å². The van der Waals surface area contributed by atoms with Gasteiger partial charge in [0.2, 0.25) is 0 Å². The fourth-order valence-electron chi connectivity index (χ4n) is 2.34. The van der Waals surface area contributed by atoms with Crippen LogP contribution in [-0.2, 0) is 4.79 Å². The van der Waals surface area contributed by atoms with Crippen LogP contribution in [0.2, 0.25) is 0 Å². The van der Waals surface area contributed by atoms with Crippen LogP contribution >= 0.6 is 0 Å². The average Bonchev–Trinajstić information content (AvgIpc) is 2.70. The van der Waals surface area contributed by atoms with Crippen LogP contribution in [0.1, 0.15) is 35.3 Å². The van der Waals surface area contributed by atoms with Crippen LogP contribution in [0.25, 0.3) is 0 Å². The Balaban J connectivity index is 2.08. The van der Waals surface area contributed by atoms with Gasteiger partial charge in [-0.3, -0.25) is 24.9 Å². The van der Waals surface area contributed by atoms with E-state index >= 15 is 0 Å². The number of hydrogen-bond donors (Lipinski definition) is 3. The lowest BCUT2D eigenvalue weighted by Crippen LogP contribution is -2.48. The second-order valence-electron chi connectivity index (χ2n) is 6.30. The van der Waals surface area contributed by atoms with Gasteiger partial charge in [-0.05, 0) is 42.3 Å². The minimum atomic E-state index is -0.862. The number of non-ortho nitro benzene ring substituents is 1. The quantitative estimate of drug-likeness (QED) is 0.317. The van der Waals surface area contributed by atoms with Crippen LogP contribution in [0.3, 0.4) is 0 Å². The van der Waals surface area contributed by atoms with E-state index in [1.807, 2.05) is 0 Å². The number of nitro benzene ring substituents is 1. The molecule has 0 saturated carbocycles. The molecule has 1 unspecified atom stereocenters. The van der Waals surface area contributed by atoms with E-state index in [0.717, 1.165) is 0 Å². The lowest BCUT2D eigenvalue weighted by molar-refractivity contribution is -0.384. The summed E-state index contributed by atoms with van der Waals surface area (Å²) in [4.78, 5) is 34.1. The monoisotopic (exact) mass is 381 g/mol. The molecule has 0 saturated heterocycles. The van der Waals surface area contributed by atoms with Crippen LogP contribution in [0, 0.1) is 27.9 Å². The summed E-state index contributed by atoms with van der Waals surface area (Å²) in [6.45, 7) is 3.49.